The van der Waals surface area contributed by atoms with Gasteiger partial charge < -0.3 is 23.7 Å². The van der Waals surface area contributed by atoms with E-state index in [9.17, 15) is 33.2 Å². The van der Waals surface area contributed by atoms with E-state index >= 15 is 0 Å². The Kier molecular flexibility index (Phi) is 7.28. The average Bonchev–Trinajstić information content (AvgIpc) is 2.66. The lowest BCUT2D eigenvalue weighted by Gasteiger charge is -2.43. The van der Waals surface area contributed by atoms with Gasteiger partial charge in [0, 0.05) is 20.8 Å². The molecular formula is C17H19FN2O11. The van der Waals surface area contributed by atoms with Crippen molar-refractivity contribution in [2.45, 2.75) is 51.4 Å². The third-order valence-corrected chi connectivity index (χ3v) is 4.05. The van der Waals surface area contributed by atoms with Gasteiger partial charge in [-0.2, -0.15) is 4.39 Å². The Morgan fingerprint density at radius 3 is 2.00 bits per heavy atom. The minimum Gasteiger partial charge on any atom is -0.467 e. The van der Waals surface area contributed by atoms with Crippen LogP contribution in [0.5, 0.6) is 0 Å². The second-order valence-electron chi connectivity index (χ2n) is 6.34. The molecule has 0 aromatic carbocycles. The van der Waals surface area contributed by atoms with E-state index in [4.69, 9.17) is 18.9 Å². The number of nitrogens with zero attached hydrogens (tertiary/aromatic N) is 1. The summed E-state index contributed by atoms with van der Waals surface area (Å²) >= 11 is 0. The number of H-pyrrole nitrogens is 1. The number of carbonyl (C=O) groups excluding carboxylic acids is 4. The number of halogens is 1. The summed E-state index contributed by atoms with van der Waals surface area (Å²) in [5.41, 5.74) is -2.52. The van der Waals surface area contributed by atoms with Crippen LogP contribution in [-0.2, 0) is 42.9 Å². The van der Waals surface area contributed by atoms with Gasteiger partial charge in [-0.05, 0) is 0 Å². The molecule has 1 aliphatic rings. The van der Waals surface area contributed by atoms with Gasteiger partial charge in [-0.1, -0.05) is 0 Å². The van der Waals surface area contributed by atoms with Crippen LogP contribution < -0.4 is 11.2 Å². The molecule has 0 unspecified atom stereocenters. The Balaban J connectivity index is 2.71. The van der Waals surface area contributed by atoms with Crippen molar-refractivity contribution in [3.8, 4) is 0 Å². The molecule has 170 valence electrons. The summed E-state index contributed by atoms with van der Waals surface area (Å²) in [4.78, 5) is 72.6. The van der Waals surface area contributed by atoms with Crippen LogP contribution in [0, 0.1) is 5.82 Å². The number of esters is 4. The lowest BCUT2D eigenvalue weighted by Crippen LogP contribution is -2.62. The number of carbonyl (C=O) groups is 4. The second-order valence-corrected chi connectivity index (χ2v) is 6.34. The normalized spacial score (nSPS) is 25.3. The number of nitrogens with one attached hydrogen (secondary N) is 1. The summed E-state index contributed by atoms with van der Waals surface area (Å²) in [7, 11) is 0.983. The fourth-order valence-corrected chi connectivity index (χ4v) is 2.97. The molecule has 1 fully saturated rings. The molecule has 0 aliphatic carbocycles. The largest absolute Gasteiger partial charge is 0.467 e. The second kappa shape index (κ2) is 9.51. The molecule has 0 saturated carbocycles. The van der Waals surface area contributed by atoms with Crippen LogP contribution in [0.15, 0.2) is 15.8 Å². The van der Waals surface area contributed by atoms with Crippen LogP contribution in [0.2, 0.25) is 0 Å². The van der Waals surface area contributed by atoms with E-state index in [0.29, 0.717) is 10.8 Å². The van der Waals surface area contributed by atoms with Gasteiger partial charge >= 0.3 is 29.6 Å². The zero-order valence-electron chi connectivity index (χ0n) is 16.8. The number of hydrogen-bond donors (Lipinski definition) is 1. The van der Waals surface area contributed by atoms with Crippen LogP contribution >= 0.6 is 0 Å². The van der Waals surface area contributed by atoms with Crippen LogP contribution in [-0.4, -0.2) is 65.0 Å². The summed E-state index contributed by atoms with van der Waals surface area (Å²) in [6, 6.07) is 0. The molecule has 2 heterocycles. The van der Waals surface area contributed by atoms with Crippen molar-refractivity contribution in [3.05, 3.63) is 32.9 Å². The van der Waals surface area contributed by atoms with Gasteiger partial charge in [0.15, 0.2) is 30.6 Å². The Labute approximate surface area is 173 Å². The molecule has 14 heteroatoms. The molecule has 1 N–H and O–H groups in total. The highest BCUT2D eigenvalue weighted by molar-refractivity contribution is 5.77. The van der Waals surface area contributed by atoms with Crippen molar-refractivity contribution >= 4 is 23.9 Å². The third kappa shape index (κ3) is 5.33. The van der Waals surface area contributed by atoms with Crippen molar-refractivity contribution in [1.82, 2.24) is 9.55 Å². The van der Waals surface area contributed by atoms with Crippen LogP contribution in [0.3, 0.4) is 0 Å². The Hall–Kier alpha value is -3.55. The molecule has 1 aromatic heterocycles. The number of hydrogen-bond acceptors (Lipinski definition) is 11. The molecule has 0 amide bonds. The Bertz CT molecular complexity index is 1000. The molecular weight excluding hydrogens is 427 g/mol. The van der Waals surface area contributed by atoms with Gasteiger partial charge in [0.05, 0.1) is 13.3 Å². The van der Waals surface area contributed by atoms with E-state index < -0.39 is 71.6 Å². The number of aromatic amines is 1. The molecule has 0 spiro atoms. The first-order valence-electron chi connectivity index (χ1n) is 8.72. The highest BCUT2D eigenvalue weighted by Gasteiger charge is 2.55. The van der Waals surface area contributed by atoms with Crippen molar-refractivity contribution in [1.29, 1.82) is 0 Å². The van der Waals surface area contributed by atoms with Gasteiger partial charge in [0.2, 0.25) is 5.82 Å². The topological polar surface area (TPSA) is 169 Å². The van der Waals surface area contributed by atoms with Crippen LogP contribution in [0.25, 0.3) is 0 Å². The maximum Gasteiger partial charge on any atom is 0.339 e. The monoisotopic (exact) mass is 446 g/mol. The Morgan fingerprint density at radius 1 is 0.968 bits per heavy atom. The molecule has 1 aliphatic heterocycles. The van der Waals surface area contributed by atoms with Crippen molar-refractivity contribution < 1.29 is 47.3 Å². The summed E-state index contributed by atoms with van der Waals surface area (Å²) in [6.45, 7) is 2.96. The van der Waals surface area contributed by atoms with E-state index in [2.05, 4.69) is 4.74 Å². The number of ether oxygens (including phenoxy) is 5. The van der Waals surface area contributed by atoms with E-state index in [-0.39, 0.29) is 0 Å². The summed E-state index contributed by atoms with van der Waals surface area (Å²) < 4.78 is 39.7. The van der Waals surface area contributed by atoms with Crippen molar-refractivity contribution in [3.63, 3.8) is 0 Å². The van der Waals surface area contributed by atoms with Gasteiger partial charge in [0.1, 0.15) is 0 Å². The van der Waals surface area contributed by atoms with Crippen molar-refractivity contribution in [2.24, 2.45) is 0 Å². The molecule has 5 atom stereocenters. The van der Waals surface area contributed by atoms with Gasteiger partial charge in [-0.15, -0.1) is 0 Å². The highest BCUT2D eigenvalue weighted by Crippen LogP contribution is 2.34. The molecule has 0 bridgehead atoms. The fourth-order valence-electron chi connectivity index (χ4n) is 2.97. The molecule has 1 aromatic rings. The van der Waals surface area contributed by atoms with Crippen LogP contribution in [0.1, 0.15) is 27.0 Å². The number of methoxy groups -OCH3 is 1. The molecule has 1 saturated heterocycles. The maximum atomic E-state index is 13.9. The zero-order chi connectivity index (χ0) is 23.5. The summed E-state index contributed by atoms with van der Waals surface area (Å²) in [5.74, 6) is -5.28. The minimum atomic E-state index is -1.79. The fraction of sp³-hybridized carbons (Fsp3) is 0.529. The van der Waals surface area contributed by atoms with Gasteiger partial charge in [-0.25, -0.2) is 9.59 Å². The molecule has 13 nitrogen and oxygen atoms in total. The first-order valence-corrected chi connectivity index (χ1v) is 8.72. The molecule has 2 rings (SSSR count). The van der Waals surface area contributed by atoms with E-state index in [1.165, 1.54) is 0 Å². The van der Waals surface area contributed by atoms with Gasteiger partial charge in [0.25, 0.3) is 5.56 Å². The highest BCUT2D eigenvalue weighted by atomic mass is 19.1. The standard InChI is InChI=1S/C17H19FN2O11/c1-6(21)28-10-11(29-7(2)22)13(16(25)27-4)31-15(12(10)30-8(3)23)20-5-9(18)14(24)19-17(20)26/h5,10-13,15H,1-4H3,(H,19,24,26)/t10-,11-,12+,13-,15+/m0/s1. The first kappa shape index (κ1) is 23.7. The first-order chi connectivity index (χ1) is 14.5. The third-order valence-electron chi connectivity index (χ3n) is 4.05. The quantitative estimate of drug-likeness (QED) is 0.414. The predicted molar refractivity (Wildman–Crippen MR) is 93.9 cm³/mol. The van der Waals surface area contributed by atoms with Gasteiger partial charge in [-0.3, -0.25) is 28.7 Å². The number of rotatable bonds is 5. The zero-order valence-corrected chi connectivity index (χ0v) is 16.8. The molecule has 31 heavy (non-hydrogen) atoms. The average molecular weight is 446 g/mol. The summed E-state index contributed by atoms with van der Waals surface area (Å²) in [5, 5.41) is 0. The molecule has 0 radical (unpaired) electrons. The minimum absolute atomic E-state index is 0.452. The smallest absolute Gasteiger partial charge is 0.339 e. The predicted octanol–water partition coefficient (Wildman–Crippen LogP) is -1.46. The maximum absolute atomic E-state index is 13.9. The van der Waals surface area contributed by atoms with E-state index in [0.717, 1.165) is 27.9 Å². The lowest BCUT2D eigenvalue weighted by atomic mass is 9.96. The van der Waals surface area contributed by atoms with E-state index in [1.54, 1.807) is 4.98 Å². The lowest BCUT2D eigenvalue weighted by molar-refractivity contribution is -0.264. The van der Waals surface area contributed by atoms with Crippen molar-refractivity contribution in [2.75, 3.05) is 7.11 Å². The Morgan fingerprint density at radius 2 is 1.48 bits per heavy atom. The van der Waals surface area contributed by atoms with Crippen LogP contribution in [0.4, 0.5) is 4.39 Å². The SMILES string of the molecule is COC(=O)[C@H]1O[C@@H](n2cc(F)c(=O)[nH]c2=O)[C@H](OC(C)=O)[C@@H](OC(C)=O)[C@@H]1OC(C)=O. The summed E-state index contributed by atoms with van der Waals surface area (Å²) in [6.07, 6.45) is -8.14. The van der Waals surface area contributed by atoms with E-state index in [1.807, 2.05) is 0 Å². The number of aromatic nitrogens is 2.